The van der Waals surface area contributed by atoms with Crippen LogP contribution in [0.25, 0.3) is 22.3 Å². The van der Waals surface area contributed by atoms with Gasteiger partial charge in [0, 0.05) is 17.6 Å². The number of fused-ring (bicyclic) bond motifs is 1. The molecule has 1 amide bonds. The van der Waals surface area contributed by atoms with Crippen LogP contribution >= 0.6 is 0 Å². The van der Waals surface area contributed by atoms with E-state index in [1.807, 2.05) is 45.0 Å². The highest BCUT2D eigenvalue weighted by atomic mass is 16.4. The Morgan fingerprint density at radius 3 is 2.46 bits per heavy atom. The summed E-state index contributed by atoms with van der Waals surface area (Å²) in [7, 11) is 0. The molecule has 2 aromatic heterocycles. The summed E-state index contributed by atoms with van der Waals surface area (Å²) in [5.74, 6) is -1.29. The van der Waals surface area contributed by atoms with Gasteiger partial charge in [-0.15, -0.1) is 0 Å². The fraction of sp³-hybridized carbons (Fsp3) is 0.333. The number of hydrogen-bond donors (Lipinski definition) is 2. The number of aryl methyl sites for hydroxylation is 1. The number of carboxylic acids is 1. The van der Waals surface area contributed by atoms with Crippen molar-refractivity contribution in [3.8, 4) is 11.3 Å². The molecule has 28 heavy (non-hydrogen) atoms. The number of amides is 1. The van der Waals surface area contributed by atoms with Gasteiger partial charge in [-0.1, -0.05) is 29.8 Å². The zero-order valence-corrected chi connectivity index (χ0v) is 16.4. The number of nitrogens with zero attached hydrogens (tertiary/aromatic N) is 3. The average Bonchev–Trinajstić information content (AvgIpc) is 3.04. The van der Waals surface area contributed by atoms with Gasteiger partial charge in [0.05, 0.1) is 29.3 Å². The van der Waals surface area contributed by atoms with Crippen LogP contribution in [0.15, 0.2) is 36.5 Å². The van der Waals surface area contributed by atoms with Gasteiger partial charge in [0.15, 0.2) is 5.65 Å². The molecule has 0 saturated carbocycles. The first kappa shape index (κ1) is 19.5. The number of carboxylic acid groups (broad SMARTS) is 1. The summed E-state index contributed by atoms with van der Waals surface area (Å²) in [6.45, 7) is 7.68. The second kappa shape index (κ2) is 7.80. The minimum atomic E-state index is -0.958. The molecule has 1 aromatic carbocycles. The van der Waals surface area contributed by atoms with E-state index < -0.39 is 12.0 Å². The Labute approximate surface area is 163 Å². The molecule has 0 aliphatic rings. The fourth-order valence-electron chi connectivity index (χ4n) is 3.07. The maximum absolute atomic E-state index is 12.9. The van der Waals surface area contributed by atoms with E-state index in [1.165, 1.54) is 0 Å². The largest absolute Gasteiger partial charge is 0.481 e. The van der Waals surface area contributed by atoms with Crippen molar-refractivity contribution in [2.24, 2.45) is 0 Å². The third kappa shape index (κ3) is 4.03. The van der Waals surface area contributed by atoms with E-state index in [2.05, 4.69) is 10.4 Å². The topological polar surface area (TPSA) is 97.1 Å². The molecule has 1 unspecified atom stereocenters. The first-order chi connectivity index (χ1) is 13.3. The highest BCUT2D eigenvalue weighted by Gasteiger charge is 2.20. The SMILES string of the molecule is Cc1ccc(-c2cc(C(=O)NC(C)CC(=O)O)c3cnn(C(C)C)c3n2)cc1. The van der Waals surface area contributed by atoms with Crippen LogP contribution in [0, 0.1) is 6.92 Å². The zero-order valence-electron chi connectivity index (χ0n) is 16.4. The zero-order chi connectivity index (χ0) is 20.4. The van der Waals surface area contributed by atoms with Crippen molar-refractivity contribution in [2.75, 3.05) is 0 Å². The molecule has 146 valence electrons. The Hall–Kier alpha value is -3.22. The first-order valence-corrected chi connectivity index (χ1v) is 9.24. The monoisotopic (exact) mass is 380 g/mol. The molecule has 0 radical (unpaired) electrons. The molecule has 3 aromatic rings. The van der Waals surface area contributed by atoms with Gasteiger partial charge < -0.3 is 10.4 Å². The summed E-state index contributed by atoms with van der Waals surface area (Å²) >= 11 is 0. The lowest BCUT2D eigenvalue weighted by atomic mass is 10.0. The minimum absolute atomic E-state index is 0.0834. The Morgan fingerprint density at radius 1 is 1.18 bits per heavy atom. The lowest BCUT2D eigenvalue weighted by Gasteiger charge is -2.14. The minimum Gasteiger partial charge on any atom is -0.481 e. The molecule has 0 fully saturated rings. The van der Waals surface area contributed by atoms with Crippen LogP contribution in [0.3, 0.4) is 0 Å². The third-order valence-electron chi connectivity index (χ3n) is 4.51. The second-order valence-corrected chi connectivity index (χ2v) is 7.31. The van der Waals surface area contributed by atoms with Crippen molar-refractivity contribution in [3.05, 3.63) is 47.7 Å². The lowest BCUT2D eigenvalue weighted by Crippen LogP contribution is -2.34. The van der Waals surface area contributed by atoms with Crippen LogP contribution in [0.1, 0.15) is 49.2 Å². The summed E-state index contributed by atoms with van der Waals surface area (Å²) in [5, 5.41) is 16.7. The first-order valence-electron chi connectivity index (χ1n) is 9.24. The van der Waals surface area contributed by atoms with Crippen molar-refractivity contribution < 1.29 is 14.7 Å². The van der Waals surface area contributed by atoms with E-state index in [0.29, 0.717) is 22.3 Å². The number of aromatic nitrogens is 3. The van der Waals surface area contributed by atoms with Crippen molar-refractivity contribution in [1.82, 2.24) is 20.1 Å². The van der Waals surface area contributed by atoms with E-state index in [4.69, 9.17) is 10.1 Å². The smallest absolute Gasteiger partial charge is 0.305 e. The number of hydrogen-bond acceptors (Lipinski definition) is 4. The maximum Gasteiger partial charge on any atom is 0.305 e. The van der Waals surface area contributed by atoms with E-state index in [0.717, 1.165) is 11.1 Å². The van der Waals surface area contributed by atoms with Gasteiger partial charge in [-0.2, -0.15) is 5.10 Å². The van der Waals surface area contributed by atoms with Crippen LogP contribution < -0.4 is 5.32 Å². The van der Waals surface area contributed by atoms with Gasteiger partial charge in [-0.05, 0) is 33.8 Å². The van der Waals surface area contributed by atoms with Crippen molar-refractivity contribution >= 4 is 22.9 Å². The molecule has 0 spiro atoms. The number of rotatable bonds is 6. The number of benzene rings is 1. The molecule has 2 N–H and O–H groups in total. The van der Waals surface area contributed by atoms with Crippen LogP contribution in [0.2, 0.25) is 0 Å². The molecule has 2 heterocycles. The Kier molecular flexibility index (Phi) is 5.44. The van der Waals surface area contributed by atoms with Crippen LogP contribution in [0.5, 0.6) is 0 Å². The Morgan fingerprint density at radius 2 is 1.86 bits per heavy atom. The summed E-state index contributed by atoms with van der Waals surface area (Å²) in [4.78, 5) is 28.6. The average molecular weight is 380 g/mol. The summed E-state index contributed by atoms with van der Waals surface area (Å²) < 4.78 is 1.78. The molecule has 0 saturated heterocycles. The molecule has 0 aliphatic carbocycles. The van der Waals surface area contributed by atoms with Gasteiger partial charge in [0.1, 0.15) is 0 Å². The maximum atomic E-state index is 12.9. The summed E-state index contributed by atoms with van der Waals surface area (Å²) in [5.41, 5.74) is 3.77. The van der Waals surface area contributed by atoms with Crippen LogP contribution in [0.4, 0.5) is 0 Å². The van der Waals surface area contributed by atoms with Crippen molar-refractivity contribution in [3.63, 3.8) is 0 Å². The standard InChI is InChI=1S/C21H24N4O3/c1-12(2)25-20-17(11-22-25)16(21(28)23-14(4)9-19(26)27)10-18(24-20)15-7-5-13(3)6-8-15/h5-8,10-12,14H,9H2,1-4H3,(H,23,28)(H,26,27). The molecule has 0 bridgehead atoms. The number of carbonyl (C=O) groups excluding carboxylic acids is 1. The number of nitrogens with one attached hydrogen (secondary N) is 1. The van der Waals surface area contributed by atoms with Gasteiger partial charge >= 0.3 is 5.97 Å². The number of pyridine rings is 1. The van der Waals surface area contributed by atoms with Crippen molar-refractivity contribution in [1.29, 1.82) is 0 Å². The van der Waals surface area contributed by atoms with E-state index >= 15 is 0 Å². The second-order valence-electron chi connectivity index (χ2n) is 7.31. The highest BCUT2D eigenvalue weighted by molar-refractivity contribution is 6.06. The molecule has 1 atom stereocenters. The summed E-state index contributed by atoms with van der Waals surface area (Å²) in [6, 6.07) is 9.26. The highest BCUT2D eigenvalue weighted by Crippen LogP contribution is 2.26. The number of aliphatic carboxylic acids is 1. The van der Waals surface area contributed by atoms with Gasteiger partial charge in [0.25, 0.3) is 5.91 Å². The molecule has 3 rings (SSSR count). The number of carbonyl (C=O) groups is 2. The molecule has 7 nitrogen and oxygen atoms in total. The molecular formula is C21H24N4O3. The van der Waals surface area contributed by atoms with Crippen LogP contribution in [-0.2, 0) is 4.79 Å². The normalized spacial score (nSPS) is 12.3. The van der Waals surface area contributed by atoms with E-state index in [1.54, 1.807) is 23.9 Å². The lowest BCUT2D eigenvalue weighted by molar-refractivity contribution is -0.137. The predicted octanol–water partition coefficient (Wildman–Crippen LogP) is 3.58. The Bertz CT molecular complexity index is 1020. The van der Waals surface area contributed by atoms with Crippen LogP contribution in [-0.4, -0.2) is 37.8 Å². The van der Waals surface area contributed by atoms with Gasteiger partial charge in [-0.25, -0.2) is 9.67 Å². The fourth-order valence-corrected chi connectivity index (χ4v) is 3.07. The molecule has 0 aliphatic heterocycles. The van der Waals surface area contributed by atoms with E-state index in [-0.39, 0.29) is 18.4 Å². The van der Waals surface area contributed by atoms with E-state index in [9.17, 15) is 9.59 Å². The molecular weight excluding hydrogens is 356 g/mol. The quantitative estimate of drug-likeness (QED) is 0.681. The third-order valence-corrected chi connectivity index (χ3v) is 4.51. The Balaban J connectivity index is 2.10. The van der Waals surface area contributed by atoms with Gasteiger partial charge in [-0.3, -0.25) is 9.59 Å². The van der Waals surface area contributed by atoms with Gasteiger partial charge in [0.2, 0.25) is 0 Å². The predicted molar refractivity (Wildman–Crippen MR) is 107 cm³/mol. The summed E-state index contributed by atoms with van der Waals surface area (Å²) in [6.07, 6.45) is 1.49. The molecule has 7 heteroatoms. The van der Waals surface area contributed by atoms with Crippen molar-refractivity contribution in [2.45, 2.75) is 46.2 Å².